The number of hydrogen-bond donors (Lipinski definition) is 0. The summed E-state index contributed by atoms with van der Waals surface area (Å²) in [5.74, 6) is -22.9. The zero-order chi connectivity index (χ0) is 31.7. The Kier molecular flexibility index (Phi) is 13.1. The van der Waals surface area contributed by atoms with E-state index in [4.69, 9.17) is 4.74 Å². The number of benzene rings is 2. The van der Waals surface area contributed by atoms with Crippen molar-refractivity contribution in [3.05, 3.63) is 46.5 Å². The minimum atomic E-state index is -2.39. The summed E-state index contributed by atoms with van der Waals surface area (Å²) in [6.45, 7) is 3.80. The Morgan fingerprint density at radius 1 is 0.581 bits per heavy atom. The van der Waals surface area contributed by atoms with E-state index < -0.39 is 81.1 Å². The Labute approximate surface area is 246 Å². The van der Waals surface area contributed by atoms with E-state index in [2.05, 4.69) is 11.7 Å². The van der Waals surface area contributed by atoms with Crippen molar-refractivity contribution < 1.29 is 49.4 Å². The maximum atomic E-state index is 15.0. The molecule has 0 bridgehead atoms. The lowest BCUT2D eigenvalue weighted by Gasteiger charge is -2.27. The number of halogens is 8. The van der Waals surface area contributed by atoms with Crippen LogP contribution in [0.2, 0.25) is 0 Å². The van der Waals surface area contributed by atoms with Gasteiger partial charge in [0.05, 0.1) is 23.7 Å². The molecule has 0 N–H and O–H groups in total. The summed E-state index contributed by atoms with van der Waals surface area (Å²) in [6.07, 6.45) is 10.9. The number of carbonyl (C=O) groups is 1. The summed E-state index contributed by atoms with van der Waals surface area (Å²) < 4.78 is 128. The summed E-state index contributed by atoms with van der Waals surface area (Å²) in [5.41, 5.74) is -4.04. The van der Waals surface area contributed by atoms with Crippen LogP contribution in [0.5, 0.6) is 11.5 Å². The summed E-state index contributed by atoms with van der Waals surface area (Å²) in [5, 5.41) is 0. The van der Waals surface area contributed by atoms with Gasteiger partial charge in [-0.3, -0.25) is 4.79 Å². The van der Waals surface area contributed by atoms with Crippen molar-refractivity contribution in [3.8, 4) is 22.6 Å². The maximum Gasteiger partial charge on any atom is 0.314 e. The molecule has 3 rings (SSSR count). The topological polar surface area (TPSA) is 35.5 Å². The molecule has 0 unspecified atom stereocenters. The molecule has 1 aliphatic rings. The lowest BCUT2D eigenvalue weighted by Crippen LogP contribution is -2.26. The van der Waals surface area contributed by atoms with Gasteiger partial charge in [0, 0.05) is 0 Å². The van der Waals surface area contributed by atoms with Crippen molar-refractivity contribution in [1.29, 1.82) is 0 Å². The number of hydrogen-bond acceptors (Lipinski definition) is 3. The van der Waals surface area contributed by atoms with Gasteiger partial charge >= 0.3 is 5.97 Å². The Hall–Kier alpha value is -2.85. The number of ether oxygens (including phenoxy) is 2. The zero-order valence-corrected chi connectivity index (χ0v) is 24.5. The normalized spacial score (nSPS) is 16.9. The Balaban J connectivity index is 1.80. The fourth-order valence-corrected chi connectivity index (χ4v) is 5.49. The SMILES string of the molecule is CCCCCCCCOc1c(F)c(F)c(-c2c(F)c(F)c(OC(=O)C3CCC(CCCCC)CC3)c(F)c2F)c(F)c1F. The Bertz CT molecular complexity index is 1200. The first-order chi connectivity index (χ1) is 20.5. The molecule has 0 amide bonds. The van der Waals surface area contributed by atoms with Crippen LogP contribution in [0.1, 0.15) is 104 Å². The molecule has 2 aromatic carbocycles. The summed E-state index contributed by atoms with van der Waals surface area (Å²) >= 11 is 0. The molecule has 240 valence electrons. The van der Waals surface area contributed by atoms with Crippen molar-refractivity contribution in [2.24, 2.45) is 11.8 Å². The predicted octanol–water partition coefficient (Wildman–Crippen LogP) is 10.5. The van der Waals surface area contributed by atoms with Crippen molar-refractivity contribution in [1.82, 2.24) is 0 Å². The van der Waals surface area contributed by atoms with E-state index >= 15 is 0 Å². The molecule has 3 nitrogen and oxygen atoms in total. The first-order valence-corrected chi connectivity index (χ1v) is 15.1. The molecular weight excluding hydrogens is 584 g/mol. The van der Waals surface area contributed by atoms with Crippen LogP contribution < -0.4 is 9.47 Å². The van der Waals surface area contributed by atoms with E-state index in [0.29, 0.717) is 44.4 Å². The molecular formula is C32H38F8O3. The van der Waals surface area contributed by atoms with E-state index in [1.165, 1.54) is 0 Å². The third kappa shape index (κ3) is 8.20. The number of carbonyl (C=O) groups excluding carboxylic acids is 1. The second-order valence-corrected chi connectivity index (χ2v) is 11.2. The average molecular weight is 623 g/mol. The zero-order valence-electron chi connectivity index (χ0n) is 24.5. The third-order valence-corrected chi connectivity index (χ3v) is 8.04. The van der Waals surface area contributed by atoms with E-state index in [0.717, 1.165) is 51.4 Å². The van der Waals surface area contributed by atoms with Crippen molar-refractivity contribution in [2.45, 2.75) is 104 Å². The minimum Gasteiger partial charge on any atom is -0.487 e. The standard InChI is InChI=1S/C32H38F8O3/c1-3-5-7-8-9-11-17-42-30-26(37)22(33)20(23(34)27(30)38)21-24(35)28(39)31(29(40)25(21)36)43-32(41)19-15-13-18(14-16-19)12-10-6-4-2/h18-19H,3-17H2,1-2H3. The van der Waals surface area contributed by atoms with Gasteiger partial charge in [0.25, 0.3) is 0 Å². The minimum absolute atomic E-state index is 0.301. The summed E-state index contributed by atoms with van der Waals surface area (Å²) in [4.78, 5) is 12.6. The highest BCUT2D eigenvalue weighted by Crippen LogP contribution is 2.42. The van der Waals surface area contributed by atoms with Gasteiger partial charge in [-0.15, -0.1) is 0 Å². The molecule has 0 aliphatic heterocycles. The van der Waals surface area contributed by atoms with Crippen molar-refractivity contribution >= 4 is 5.97 Å². The summed E-state index contributed by atoms with van der Waals surface area (Å²) in [6, 6.07) is 0. The van der Waals surface area contributed by atoms with E-state index in [1.54, 1.807) is 0 Å². The van der Waals surface area contributed by atoms with Gasteiger partial charge in [-0.05, 0) is 38.0 Å². The van der Waals surface area contributed by atoms with Crippen LogP contribution in [0.25, 0.3) is 11.1 Å². The highest BCUT2D eigenvalue weighted by atomic mass is 19.2. The van der Waals surface area contributed by atoms with Gasteiger partial charge in [0.15, 0.2) is 29.0 Å². The quantitative estimate of drug-likeness (QED) is 0.0652. The van der Waals surface area contributed by atoms with Crippen molar-refractivity contribution in [2.75, 3.05) is 6.61 Å². The number of esters is 1. The van der Waals surface area contributed by atoms with Crippen LogP contribution in [-0.4, -0.2) is 12.6 Å². The Morgan fingerprint density at radius 3 is 1.53 bits per heavy atom. The molecule has 1 saturated carbocycles. The number of rotatable bonds is 15. The van der Waals surface area contributed by atoms with Crippen LogP contribution in [0, 0.1) is 58.4 Å². The molecule has 1 aliphatic carbocycles. The molecule has 1 fully saturated rings. The molecule has 11 heteroatoms. The second-order valence-electron chi connectivity index (χ2n) is 11.2. The fourth-order valence-electron chi connectivity index (χ4n) is 5.49. The molecule has 0 spiro atoms. The fraction of sp³-hybridized carbons (Fsp3) is 0.594. The molecule has 0 heterocycles. The van der Waals surface area contributed by atoms with E-state index in [-0.39, 0.29) is 6.61 Å². The lowest BCUT2D eigenvalue weighted by molar-refractivity contribution is -0.140. The molecule has 2 aromatic rings. The van der Waals surface area contributed by atoms with E-state index in [9.17, 15) is 39.9 Å². The van der Waals surface area contributed by atoms with Crippen LogP contribution in [-0.2, 0) is 4.79 Å². The highest BCUT2D eigenvalue weighted by molar-refractivity contribution is 5.76. The van der Waals surface area contributed by atoms with Gasteiger partial charge in [0.1, 0.15) is 0 Å². The van der Waals surface area contributed by atoms with E-state index in [1.807, 2.05) is 6.92 Å². The van der Waals surface area contributed by atoms with Gasteiger partial charge in [-0.2, -0.15) is 17.6 Å². The van der Waals surface area contributed by atoms with Crippen molar-refractivity contribution in [3.63, 3.8) is 0 Å². The second kappa shape index (κ2) is 16.3. The van der Waals surface area contributed by atoms with Crippen LogP contribution >= 0.6 is 0 Å². The smallest absolute Gasteiger partial charge is 0.314 e. The lowest BCUT2D eigenvalue weighted by atomic mass is 9.80. The number of unbranched alkanes of at least 4 members (excludes halogenated alkanes) is 7. The largest absolute Gasteiger partial charge is 0.487 e. The highest BCUT2D eigenvalue weighted by Gasteiger charge is 2.37. The van der Waals surface area contributed by atoms with Gasteiger partial charge in [0.2, 0.25) is 29.0 Å². The monoisotopic (exact) mass is 622 g/mol. The molecule has 0 radical (unpaired) electrons. The molecule has 0 saturated heterocycles. The third-order valence-electron chi connectivity index (χ3n) is 8.04. The Morgan fingerprint density at radius 2 is 1.02 bits per heavy atom. The maximum absolute atomic E-state index is 15.0. The van der Waals surface area contributed by atoms with Crippen LogP contribution in [0.15, 0.2) is 0 Å². The first-order valence-electron chi connectivity index (χ1n) is 15.1. The molecule has 0 aromatic heterocycles. The van der Waals surface area contributed by atoms with Crippen LogP contribution in [0.3, 0.4) is 0 Å². The van der Waals surface area contributed by atoms with Gasteiger partial charge in [-0.25, -0.2) is 17.6 Å². The molecule has 0 atom stereocenters. The van der Waals surface area contributed by atoms with Crippen LogP contribution in [0.4, 0.5) is 35.1 Å². The molecule has 43 heavy (non-hydrogen) atoms. The summed E-state index contributed by atoms with van der Waals surface area (Å²) in [7, 11) is 0. The van der Waals surface area contributed by atoms with Gasteiger partial charge < -0.3 is 9.47 Å². The van der Waals surface area contributed by atoms with Gasteiger partial charge in [-0.1, -0.05) is 71.6 Å². The average Bonchev–Trinajstić information content (AvgIpc) is 3.00. The predicted molar refractivity (Wildman–Crippen MR) is 146 cm³/mol. The first kappa shape index (κ1) is 34.6.